The highest BCUT2D eigenvalue weighted by atomic mass is 16.5. The van der Waals surface area contributed by atoms with Crippen LogP contribution >= 0.6 is 0 Å². The second kappa shape index (κ2) is 7.11. The molecule has 3 aliphatic rings. The van der Waals surface area contributed by atoms with Gasteiger partial charge in [-0.1, -0.05) is 6.07 Å². The fourth-order valence-electron chi connectivity index (χ4n) is 4.10. The van der Waals surface area contributed by atoms with Crippen molar-refractivity contribution >= 4 is 0 Å². The number of piperidine rings is 1. The highest BCUT2D eigenvalue weighted by molar-refractivity contribution is 5.10. The predicted octanol–water partition coefficient (Wildman–Crippen LogP) is 3.19. The number of likely N-dealkylation sites (tertiary alicyclic amines) is 1. The van der Waals surface area contributed by atoms with Crippen LogP contribution in [0.15, 0.2) is 18.2 Å². The molecule has 3 heterocycles. The Kier molecular flexibility index (Phi) is 4.88. The van der Waals surface area contributed by atoms with E-state index in [0.29, 0.717) is 11.5 Å². The summed E-state index contributed by atoms with van der Waals surface area (Å²) in [5.74, 6) is 0.846. The molecule has 0 unspecified atom stereocenters. The largest absolute Gasteiger partial charge is 0.378 e. The van der Waals surface area contributed by atoms with Gasteiger partial charge in [0.25, 0.3) is 0 Å². The van der Waals surface area contributed by atoms with Gasteiger partial charge in [0.2, 0.25) is 0 Å². The van der Waals surface area contributed by atoms with Gasteiger partial charge in [0.15, 0.2) is 0 Å². The molecule has 0 aromatic carbocycles. The van der Waals surface area contributed by atoms with E-state index in [-0.39, 0.29) is 0 Å². The molecule has 0 radical (unpaired) electrons. The fourth-order valence-corrected chi connectivity index (χ4v) is 4.10. The monoisotopic (exact) mass is 330 g/mol. The van der Waals surface area contributed by atoms with Crippen molar-refractivity contribution in [2.75, 3.05) is 32.9 Å². The van der Waals surface area contributed by atoms with Gasteiger partial charge in [0, 0.05) is 18.8 Å². The number of rotatable bonds is 6. The smallest absolute Gasteiger partial charge is 0.0814 e. The van der Waals surface area contributed by atoms with Crippen molar-refractivity contribution in [3.05, 3.63) is 29.6 Å². The lowest BCUT2D eigenvalue weighted by Crippen LogP contribution is -2.40. The summed E-state index contributed by atoms with van der Waals surface area (Å²) < 4.78 is 11.9. The lowest BCUT2D eigenvalue weighted by molar-refractivity contribution is 0.00915. The molecule has 0 bridgehead atoms. The molecule has 1 aromatic heterocycles. The van der Waals surface area contributed by atoms with Gasteiger partial charge in [0.05, 0.1) is 25.0 Å². The second-order valence-electron chi connectivity index (χ2n) is 8.16. The second-order valence-corrected chi connectivity index (χ2v) is 8.16. The lowest BCUT2D eigenvalue weighted by atomic mass is 9.76. The van der Waals surface area contributed by atoms with Crippen LogP contribution in [-0.4, -0.2) is 48.9 Å². The predicted molar refractivity (Wildman–Crippen MR) is 93.8 cm³/mol. The molecule has 2 saturated heterocycles. The molecule has 4 rings (SSSR count). The van der Waals surface area contributed by atoms with Crippen LogP contribution in [0.2, 0.25) is 0 Å². The van der Waals surface area contributed by atoms with Gasteiger partial charge in [0.1, 0.15) is 0 Å². The number of hydrogen-bond donors (Lipinski definition) is 0. The van der Waals surface area contributed by atoms with E-state index in [1.165, 1.54) is 37.8 Å². The Morgan fingerprint density at radius 3 is 2.83 bits per heavy atom. The third-order valence-corrected chi connectivity index (χ3v) is 5.89. The van der Waals surface area contributed by atoms with Crippen molar-refractivity contribution < 1.29 is 9.47 Å². The number of aryl methyl sites for hydroxylation is 1. The molecule has 24 heavy (non-hydrogen) atoms. The number of pyridine rings is 1. The van der Waals surface area contributed by atoms with Crippen LogP contribution in [0.1, 0.15) is 43.5 Å². The average Bonchev–Trinajstić information content (AvgIpc) is 3.31. The quantitative estimate of drug-likeness (QED) is 0.802. The molecule has 1 spiro atoms. The Labute approximate surface area is 145 Å². The van der Waals surface area contributed by atoms with E-state index < -0.39 is 0 Å². The molecule has 4 nitrogen and oxygen atoms in total. The van der Waals surface area contributed by atoms with Crippen LogP contribution in [0, 0.1) is 18.3 Å². The molecule has 1 atom stereocenters. The topological polar surface area (TPSA) is 34.6 Å². The van der Waals surface area contributed by atoms with Crippen molar-refractivity contribution in [2.45, 2.75) is 51.7 Å². The summed E-state index contributed by atoms with van der Waals surface area (Å²) in [4.78, 5) is 7.18. The molecule has 4 heteroatoms. The first-order chi connectivity index (χ1) is 11.7. The van der Waals surface area contributed by atoms with Crippen molar-refractivity contribution in [1.29, 1.82) is 0 Å². The van der Waals surface area contributed by atoms with E-state index in [4.69, 9.17) is 9.47 Å². The Balaban J connectivity index is 1.22. The Bertz CT molecular complexity index is 550. The van der Waals surface area contributed by atoms with Gasteiger partial charge in [-0.2, -0.15) is 0 Å². The summed E-state index contributed by atoms with van der Waals surface area (Å²) in [5, 5.41) is 0. The van der Waals surface area contributed by atoms with Crippen LogP contribution in [0.3, 0.4) is 0 Å². The number of hydrogen-bond acceptors (Lipinski definition) is 4. The highest BCUT2D eigenvalue weighted by Crippen LogP contribution is 2.42. The zero-order valence-corrected chi connectivity index (χ0v) is 14.9. The minimum Gasteiger partial charge on any atom is -0.378 e. The molecule has 2 aliphatic heterocycles. The molecule has 1 aromatic rings. The Hall–Kier alpha value is -0.970. The molecule has 1 saturated carbocycles. The maximum absolute atomic E-state index is 6.06. The minimum atomic E-state index is 0.328. The van der Waals surface area contributed by atoms with E-state index in [1.807, 2.05) is 0 Å². The van der Waals surface area contributed by atoms with E-state index in [0.717, 1.165) is 51.1 Å². The van der Waals surface area contributed by atoms with Crippen molar-refractivity contribution in [1.82, 2.24) is 9.88 Å². The first kappa shape index (κ1) is 16.5. The maximum atomic E-state index is 6.06. The first-order valence-electron chi connectivity index (χ1n) is 9.55. The van der Waals surface area contributed by atoms with E-state index in [9.17, 15) is 0 Å². The molecule has 132 valence electrons. The summed E-state index contributed by atoms with van der Waals surface area (Å²) in [6.45, 7) is 8.05. The van der Waals surface area contributed by atoms with Crippen molar-refractivity contribution in [2.24, 2.45) is 11.3 Å². The first-order valence-corrected chi connectivity index (χ1v) is 9.55. The Morgan fingerprint density at radius 1 is 1.25 bits per heavy atom. The van der Waals surface area contributed by atoms with Gasteiger partial charge < -0.3 is 9.47 Å². The van der Waals surface area contributed by atoms with Crippen molar-refractivity contribution in [3.63, 3.8) is 0 Å². The number of aromatic nitrogens is 1. The zero-order valence-electron chi connectivity index (χ0n) is 14.9. The fraction of sp³-hybridized carbons (Fsp3) is 0.750. The molecule has 1 aliphatic carbocycles. The summed E-state index contributed by atoms with van der Waals surface area (Å²) >= 11 is 0. The molecular weight excluding hydrogens is 300 g/mol. The summed E-state index contributed by atoms with van der Waals surface area (Å²) in [5.41, 5.74) is 2.71. The van der Waals surface area contributed by atoms with Crippen LogP contribution in [0.25, 0.3) is 0 Å². The Morgan fingerprint density at radius 2 is 2.08 bits per heavy atom. The maximum Gasteiger partial charge on any atom is 0.0814 e. The van der Waals surface area contributed by atoms with Gasteiger partial charge in [-0.05, 0) is 75.6 Å². The van der Waals surface area contributed by atoms with Gasteiger partial charge in [-0.15, -0.1) is 0 Å². The third kappa shape index (κ3) is 4.16. The normalized spacial score (nSPS) is 27.0. The van der Waals surface area contributed by atoms with Crippen LogP contribution in [0.5, 0.6) is 0 Å². The third-order valence-electron chi connectivity index (χ3n) is 5.89. The average molecular weight is 330 g/mol. The van der Waals surface area contributed by atoms with E-state index >= 15 is 0 Å². The summed E-state index contributed by atoms with van der Waals surface area (Å²) in [7, 11) is 0. The van der Waals surface area contributed by atoms with Crippen LogP contribution in [0.4, 0.5) is 0 Å². The van der Waals surface area contributed by atoms with E-state index in [2.05, 4.69) is 35.0 Å². The van der Waals surface area contributed by atoms with Crippen LogP contribution < -0.4 is 0 Å². The lowest BCUT2D eigenvalue weighted by Gasteiger charge is -2.38. The summed E-state index contributed by atoms with van der Waals surface area (Å²) in [6, 6.07) is 6.32. The van der Waals surface area contributed by atoms with Gasteiger partial charge in [-0.25, -0.2) is 0 Å². The number of ether oxygens (including phenoxy) is 2. The molecular formula is C20H30N2O2. The van der Waals surface area contributed by atoms with Gasteiger partial charge >= 0.3 is 0 Å². The highest BCUT2D eigenvalue weighted by Gasteiger charge is 2.42. The standard InChI is InChI=1S/C20H30N2O2/c1-16-3-2-4-18(21-16)12-22-9-7-20(8-10-22)11-19(24-15-20)14-23-13-17-5-6-17/h2-4,17,19H,5-15H2,1H3/t19-/m0/s1. The molecule has 3 fully saturated rings. The minimum absolute atomic E-state index is 0.328. The molecule has 0 N–H and O–H groups in total. The van der Waals surface area contributed by atoms with E-state index in [1.54, 1.807) is 0 Å². The number of nitrogens with zero attached hydrogens (tertiary/aromatic N) is 2. The van der Waals surface area contributed by atoms with Crippen LogP contribution in [-0.2, 0) is 16.0 Å². The van der Waals surface area contributed by atoms with Gasteiger partial charge in [-0.3, -0.25) is 9.88 Å². The summed E-state index contributed by atoms with van der Waals surface area (Å²) in [6.07, 6.45) is 6.74. The molecule has 0 amide bonds. The SMILES string of the molecule is Cc1cccc(CN2CCC3(CC2)CO[C@H](COCC2CC2)C3)n1. The van der Waals surface area contributed by atoms with Crippen molar-refractivity contribution in [3.8, 4) is 0 Å². The zero-order chi connectivity index (χ0) is 16.4.